The van der Waals surface area contributed by atoms with Gasteiger partial charge in [0.2, 0.25) is 5.28 Å². The molecule has 2 heterocycles. The summed E-state index contributed by atoms with van der Waals surface area (Å²) in [5.41, 5.74) is 7.31. The summed E-state index contributed by atoms with van der Waals surface area (Å²) in [6.07, 6.45) is 1.63. The molecule has 0 radical (unpaired) electrons. The Hall–Kier alpha value is -1.07. The Morgan fingerprint density at radius 1 is 1.39 bits per heavy atom. The maximum atomic E-state index is 9.59. The lowest BCUT2D eigenvalue weighted by atomic mass is 9.92. The van der Waals surface area contributed by atoms with E-state index in [9.17, 15) is 5.11 Å². The zero-order valence-corrected chi connectivity index (χ0v) is 11.5. The van der Waals surface area contributed by atoms with Gasteiger partial charge >= 0.3 is 0 Å². The molecule has 5 nitrogen and oxygen atoms in total. The van der Waals surface area contributed by atoms with Gasteiger partial charge in [-0.1, -0.05) is 0 Å². The van der Waals surface area contributed by atoms with Crippen LogP contribution in [0, 0.1) is 12.8 Å². The zero-order chi connectivity index (χ0) is 13.3. The second kappa shape index (κ2) is 5.28. The van der Waals surface area contributed by atoms with Crippen molar-refractivity contribution in [1.29, 1.82) is 0 Å². The molecule has 0 aliphatic carbocycles. The van der Waals surface area contributed by atoms with E-state index in [-0.39, 0.29) is 11.4 Å². The molecule has 0 amide bonds. The average molecular weight is 271 g/mol. The number of aliphatic hydroxyl groups is 1. The fraction of sp³-hybridized carbons (Fsp3) is 0.667. The maximum Gasteiger partial charge on any atom is 0.224 e. The quantitative estimate of drug-likeness (QED) is 0.799. The molecular formula is C12H19ClN4O. The summed E-state index contributed by atoms with van der Waals surface area (Å²) in [6, 6.07) is 0. The van der Waals surface area contributed by atoms with Crippen LogP contribution in [0.25, 0.3) is 0 Å². The summed E-state index contributed by atoms with van der Waals surface area (Å²) < 4.78 is 0. The van der Waals surface area contributed by atoms with Crippen LogP contribution < -0.4 is 10.6 Å². The number of aromatic nitrogens is 2. The molecule has 2 rings (SSSR count). The van der Waals surface area contributed by atoms with Crippen molar-refractivity contribution in [3.8, 4) is 0 Å². The number of halogens is 1. The number of hydrogen-bond acceptors (Lipinski definition) is 5. The van der Waals surface area contributed by atoms with Crippen molar-refractivity contribution in [2.24, 2.45) is 5.92 Å². The third kappa shape index (κ3) is 2.67. The number of anilines is 2. The summed E-state index contributed by atoms with van der Waals surface area (Å²) in [4.78, 5) is 10.4. The predicted octanol–water partition coefficient (Wildman–Crippen LogP) is 1.62. The van der Waals surface area contributed by atoms with Crippen LogP contribution in [0.1, 0.15) is 25.5 Å². The highest BCUT2D eigenvalue weighted by molar-refractivity contribution is 6.28. The molecule has 18 heavy (non-hydrogen) atoms. The first-order valence-electron chi connectivity index (χ1n) is 6.21. The molecule has 0 aromatic carbocycles. The average Bonchev–Trinajstić information content (AvgIpc) is 2.34. The summed E-state index contributed by atoms with van der Waals surface area (Å²) in [6.45, 7) is 5.36. The van der Waals surface area contributed by atoms with Gasteiger partial charge in [-0.3, -0.25) is 0 Å². The molecule has 3 N–H and O–H groups in total. The first kappa shape index (κ1) is 13.4. The molecule has 1 unspecified atom stereocenters. The molecule has 1 aromatic heterocycles. The number of piperidine rings is 1. The minimum atomic E-state index is -0.250. The minimum Gasteiger partial charge on any atom is -0.394 e. The molecule has 1 aromatic rings. The standard InChI is InChI=1S/C12H19ClN4O/c1-7-10(14)11(16-12(13)15-7)17-5-3-9(4-6-17)8(2)18/h8-9,18H,3-6,14H2,1-2H3. The normalized spacial score (nSPS) is 19.0. The van der Waals surface area contributed by atoms with Crippen LogP contribution in [0.3, 0.4) is 0 Å². The lowest BCUT2D eigenvalue weighted by molar-refractivity contribution is 0.110. The fourth-order valence-electron chi connectivity index (χ4n) is 2.37. The van der Waals surface area contributed by atoms with Gasteiger partial charge in [0.15, 0.2) is 5.82 Å². The van der Waals surface area contributed by atoms with Gasteiger partial charge in [0.05, 0.1) is 17.5 Å². The summed E-state index contributed by atoms with van der Waals surface area (Å²) in [5, 5.41) is 9.82. The lowest BCUT2D eigenvalue weighted by Gasteiger charge is -2.34. The molecular weight excluding hydrogens is 252 g/mol. The third-order valence-corrected chi connectivity index (χ3v) is 3.78. The fourth-order valence-corrected chi connectivity index (χ4v) is 2.57. The van der Waals surface area contributed by atoms with E-state index in [4.69, 9.17) is 17.3 Å². The van der Waals surface area contributed by atoms with Gasteiger partial charge in [-0.05, 0) is 44.2 Å². The van der Waals surface area contributed by atoms with Gasteiger partial charge < -0.3 is 15.7 Å². The smallest absolute Gasteiger partial charge is 0.224 e. The maximum absolute atomic E-state index is 9.59. The van der Waals surface area contributed by atoms with Crippen LogP contribution in [-0.2, 0) is 0 Å². The molecule has 0 spiro atoms. The molecule has 1 aliphatic rings. The molecule has 0 bridgehead atoms. The Balaban J connectivity index is 2.15. The van der Waals surface area contributed by atoms with Gasteiger partial charge in [0.25, 0.3) is 0 Å². The molecule has 1 atom stereocenters. The van der Waals surface area contributed by atoms with Gasteiger partial charge in [-0.2, -0.15) is 4.98 Å². The zero-order valence-electron chi connectivity index (χ0n) is 10.7. The summed E-state index contributed by atoms with van der Waals surface area (Å²) in [7, 11) is 0. The van der Waals surface area contributed by atoms with E-state index in [1.807, 2.05) is 13.8 Å². The van der Waals surface area contributed by atoms with Crippen LogP contribution in [0.5, 0.6) is 0 Å². The van der Waals surface area contributed by atoms with E-state index >= 15 is 0 Å². The van der Waals surface area contributed by atoms with Gasteiger partial charge in [0.1, 0.15) is 0 Å². The van der Waals surface area contributed by atoms with E-state index < -0.39 is 0 Å². The molecule has 1 saturated heterocycles. The van der Waals surface area contributed by atoms with Crippen molar-refractivity contribution in [1.82, 2.24) is 9.97 Å². The number of nitrogens with zero attached hydrogens (tertiary/aromatic N) is 3. The summed E-state index contributed by atoms with van der Waals surface area (Å²) >= 11 is 5.88. The second-order valence-corrected chi connectivity index (χ2v) is 5.22. The number of aliphatic hydroxyl groups excluding tert-OH is 1. The number of nitrogens with two attached hydrogens (primary N) is 1. The number of aryl methyl sites for hydroxylation is 1. The largest absolute Gasteiger partial charge is 0.394 e. The van der Waals surface area contributed by atoms with E-state index in [2.05, 4.69) is 14.9 Å². The van der Waals surface area contributed by atoms with Crippen LogP contribution in [0.15, 0.2) is 0 Å². The predicted molar refractivity (Wildman–Crippen MR) is 72.8 cm³/mol. The van der Waals surface area contributed by atoms with Gasteiger partial charge in [0, 0.05) is 13.1 Å². The monoisotopic (exact) mass is 270 g/mol. The van der Waals surface area contributed by atoms with Crippen LogP contribution >= 0.6 is 11.6 Å². The van der Waals surface area contributed by atoms with E-state index in [1.54, 1.807) is 0 Å². The molecule has 1 aliphatic heterocycles. The first-order valence-corrected chi connectivity index (χ1v) is 6.59. The SMILES string of the molecule is Cc1nc(Cl)nc(N2CCC(C(C)O)CC2)c1N. The van der Waals surface area contributed by atoms with Crippen molar-refractivity contribution < 1.29 is 5.11 Å². The van der Waals surface area contributed by atoms with E-state index in [0.717, 1.165) is 31.7 Å². The Kier molecular flexibility index (Phi) is 3.92. The topological polar surface area (TPSA) is 75.3 Å². The highest BCUT2D eigenvalue weighted by Gasteiger charge is 2.25. The van der Waals surface area contributed by atoms with Crippen molar-refractivity contribution in [3.63, 3.8) is 0 Å². The van der Waals surface area contributed by atoms with Crippen molar-refractivity contribution >= 4 is 23.1 Å². The highest BCUT2D eigenvalue weighted by atomic mass is 35.5. The van der Waals surface area contributed by atoms with Crippen molar-refractivity contribution in [3.05, 3.63) is 11.0 Å². The summed E-state index contributed by atoms with van der Waals surface area (Å²) in [5.74, 6) is 1.08. The first-order chi connectivity index (χ1) is 8.49. The molecule has 6 heteroatoms. The van der Waals surface area contributed by atoms with E-state index in [0.29, 0.717) is 17.3 Å². The third-order valence-electron chi connectivity index (χ3n) is 3.61. The number of rotatable bonds is 2. The van der Waals surface area contributed by atoms with E-state index in [1.165, 1.54) is 0 Å². The Bertz CT molecular complexity index is 430. The second-order valence-electron chi connectivity index (χ2n) is 4.88. The molecule has 0 saturated carbocycles. The van der Waals surface area contributed by atoms with Crippen molar-refractivity contribution in [2.75, 3.05) is 23.7 Å². The Morgan fingerprint density at radius 2 is 2.00 bits per heavy atom. The van der Waals surface area contributed by atoms with Crippen molar-refractivity contribution in [2.45, 2.75) is 32.8 Å². The van der Waals surface area contributed by atoms with Gasteiger partial charge in [-0.15, -0.1) is 0 Å². The van der Waals surface area contributed by atoms with Crippen LogP contribution in [0.2, 0.25) is 5.28 Å². The Morgan fingerprint density at radius 3 is 2.56 bits per heavy atom. The minimum absolute atomic E-state index is 0.231. The molecule has 1 fully saturated rings. The van der Waals surface area contributed by atoms with Crippen LogP contribution in [0.4, 0.5) is 11.5 Å². The lowest BCUT2D eigenvalue weighted by Crippen LogP contribution is -2.38. The number of hydrogen-bond donors (Lipinski definition) is 2. The van der Waals surface area contributed by atoms with Crippen LogP contribution in [-0.4, -0.2) is 34.3 Å². The van der Waals surface area contributed by atoms with Gasteiger partial charge in [-0.25, -0.2) is 4.98 Å². The Labute approximate surface area is 112 Å². The number of nitrogen functional groups attached to an aromatic ring is 1. The molecule has 100 valence electrons. The highest BCUT2D eigenvalue weighted by Crippen LogP contribution is 2.29.